The number of carbonyl (C=O) groups excluding carboxylic acids is 1. The lowest BCUT2D eigenvalue weighted by atomic mass is 9.94. The molecule has 0 radical (unpaired) electrons. The van der Waals surface area contributed by atoms with Crippen molar-refractivity contribution < 1.29 is 14.8 Å². The molecule has 1 atom stereocenters. The van der Waals surface area contributed by atoms with Crippen molar-refractivity contribution in [3.63, 3.8) is 0 Å². The molecule has 0 aliphatic carbocycles. The van der Waals surface area contributed by atoms with E-state index in [0.29, 0.717) is 25.1 Å². The fourth-order valence-electron chi connectivity index (χ4n) is 2.68. The molecule has 2 N–H and O–H groups in total. The summed E-state index contributed by atoms with van der Waals surface area (Å²) in [6.45, 7) is 2.35. The Morgan fingerprint density at radius 1 is 1.52 bits per heavy atom. The summed E-state index contributed by atoms with van der Waals surface area (Å²) in [7, 11) is 1.57. The molecule has 1 aliphatic rings. The van der Waals surface area contributed by atoms with Crippen molar-refractivity contribution in [3.05, 3.63) is 33.9 Å². The molecule has 7 nitrogen and oxygen atoms in total. The Bertz CT molecular complexity index is 571. The van der Waals surface area contributed by atoms with Crippen LogP contribution in [0.4, 0.5) is 11.4 Å². The van der Waals surface area contributed by atoms with E-state index in [-0.39, 0.29) is 17.8 Å². The number of β-amino-alcohol motifs (C(OH)–C–C–N with tert-alkyl or cyclic N) is 1. The van der Waals surface area contributed by atoms with Crippen LogP contribution < -0.4 is 5.32 Å². The molecule has 1 unspecified atom stereocenters. The van der Waals surface area contributed by atoms with Crippen LogP contribution in [-0.4, -0.2) is 46.6 Å². The minimum Gasteiger partial charge on any atom is -0.388 e. The molecule has 2 rings (SSSR count). The van der Waals surface area contributed by atoms with Gasteiger partial charge in [0.25, 0.3) is 5.91 Å². The van der Waals surface area contributed by atoms with Crippen LogP contribution in [0.25, 0.3) is 0 Å². The Hall–Kier alpha value is -2.15. The van der Waals surface area contributed by atoms with Crippen molar-refractivity contribution in [2.24, 2.45) is 0 Å². The lowest BCUT2D eigenvalue weighted by Gasteiger charge is -2.36. The second-order valence-corrected chi connectivity index (χ2v) is 5.54. The quantitative estimate of drug-likeness (QED) is 0.652. The molecule has 1 aromatic rings. The number of amides is 1. The largest absolute Gasteiger partial charge is 0.388 e. The van der Waals surface area contributed by atoms with Crippen molar-refractivity contribution in [3.8, 4) is 0 Å². The number of rotatable bonds is 3. The molecule has 0 spiro atoms. The van der Waals surface area contributed by atoms with Gasteiger partial charge in [-0.05, 0) is 31.9 Å². The van der Waals surface area contributed by atoms with Crippen LogP contribution in [0.15, 0.2) is 18.2 Å². The summed E-state index contributed by atoms with van der Waals surface area (Å²) >= 11 is 0. The zero-order valence-electron chi connectivity index (χ0n) is 12.1. The first-order chi connectivity index (χ1) is 9.85. The van der Waals surface area contributed by atoms with Crippen LogP contribution in [0.2, 0.25) is 0 Å². The van der Waals surface area contributed by atoms with Crippen molar-refractivity contribution in [1.82, 2.24) is 4.90 Å². The Morgan fingerprint density at radius 3 is 2.81 bits per heavy atom. The van der Waals surface area contributed by atoms with Crippen molar-refractivity contribution in [2.45, 2.75) is 25.4 Å². The summed E-state index contributed by atoms with van der Waals surface area (Å²) in [6, 6.07) is 4.61. The number of likely N-dealkylation sites (tertiary alicyclic amines) is 1. The van der Waals surface area contributed by atoms with Gasteiger partial charge in [-0.25, -0.2) is 0 Å². The number of para-hydroxylation sites is 1. The van der Waals surface area contributed by atoms with Gasteiger partial charge in [-0.3, -0.25) is 14.9 Å². The van der Waals surface area contributed by atoms with Gasteiger partial charge in [0, 0.05) is 20.1 Å². The molecule has 1 fully saturated rings. The fourth-order valence-corrected chi connectivity index (χ4v) is 2.68. The van der Waals surface area contributed by atoms with Gasteiger partial charge in [0.05, 0.1) is 10.5 Å². The van der Waals surface area contributed by atoms with Crippen LogP contribution in [0, 0.1) is 10.1 Å². The minimum atomic E-state index is -0.941. The zero-order chi connectivity index (χ0) is 15.6. The van der Waals surface area contributed by atoms with E-state index in [0.717, 1.165) is 0 Å². The number of nitrogens with zero attached hydrogens (tertiary/aromatic N) is 2. The maximum absolute atomic E-state index is 12.6. The van der Waals surface area contributed by atoms with Gasteiger partial charge in [-0.2, -0.15) is 0 Å². The highest BCUT2D eigenvalue weighted by Gasteiger charge is 2.34. The molecule has 7 heteroatoms. The molecule has 0 saturated carbocycles. The Labute approximate surface area is 122 Å². The standard InChI is InChI=1S/C14H19N3O4/c1-14(19)7-4-8-16(9-14)13(18)10-5-3-6-11(15-2)12(10)17(20)21/h3,5-6,15,19H,4,7-9H2,1-2H3. The summed E-state index contributed by atoms with van der Waals surface area (Å²) in [4.78, 5) is 24.7. The predicted octanol–water partition coefficient (Wildman–Crippen LogP) is 1.62. The van der Waals surface area contributed by atoms with E-state index in [1.54, 1.807) is 26.1 Å². The number of nitro benzene ring substituents is 1. The highest BCUT2D eigenvalue weighted by molar-refractivity contribution is 6.00. The van der Waals surface area contributed by atoms with E-state index in [9.17, 15) is 20.0 Å². The number of hydrogen-bond acceptors (Lipinski definition) is 5. The number of nitro groups is 1. The topological polar surface area (TPSA) is 95.7 Å². The van der Waals surface area contributed by atoms with E-state index in [4.69, 9.17) is 0 Å². The van der Waals surface area contributed by atoms with Gasteiger partial charge >= 0.3 is 5.69 Å². The summed E-state index contributed by atoms with van der Waals surface area (Å²) in [6.07, 6.45) is 1.30. The molecule has 0 bridgehead atoms. The third-order valence-corrected chi connectivity index (χ3v) is 3.68. The number of anilines is 1. The number of hydrogen-bond donors (Lipinski definition) is 2. The summed E-state index contributed by atoms with van der Waals surface area (Å²) in [5.41, 5.74) is -0.821. The Kier molecular flexibility index (Phi) is 4.13. The average Bonchev–Trinajstić information content (AvgIpc) is 2.44. The number of carbonyl (C=O) groups is 1. The molecule has 1 amide bonds. The molecule has 1 saturated heterocycles. The highest BCUT2D eigenvalue weighted by atomic mass is 16.6. The van der Waals surface area contributed by atoms with E-state index >= 15 is 0 Å². The first-order valence-electron chi connectivity index (χ1n) is 6.82. The SMILES string of the molecule is CNc1cccc(C(=O)N2CCCC(C)(O)C2)c1[N+](=O)[O-]. The maximum Gasteiger partial charge on any atom is 0.305 e. The van der Waals surface area contributed by atoms with Gasteiger partial charge in [-0.15, -0.1) is 0 Å². The molecule has 21 heavy (non-hydrogen) atoms. The number of nitrogens with one attached hydrogen (secondary N) is 1. The van der Waals surface area contributed by atoms with Crippen LogP contribution in [-0.2, 0) is 0 Å². The third kappa shape index (κ3) is 3.13. The molecule has 1 heterocycles. The highest BCUT2D eigenvalue weighted by Crippen LogP contribution is 2.30. The van der Waals surface area contributed by atoms with Crippen molar-refractivity contribution in [2.75, 3.05) is 25.5 Å². The predicted molar refractivity (Wildman–Crippen MR) is 78.4 cm³/mol. The Morgan fingerprint density at radius 2 is 2.24 bits per heavy atom. The average molecular weight is 293 g/mol. The van der Waals surface area contributed by atoms with E-state index in [1.807, 2.05) is 0 Å². The lowest BCUT2D eigenvalue weighted by molar-refractivity contribution is -0.384. The van der Waals surface area contributed by atoms with E-state index < -0.39 is 16.4 Å². The van der Waals surface area contributed by atoms with Gasteiger partial charge in [0.15, 0.2) is 0 Å². The van der Waals surface area contributed by atoms with Gasteiger partial charge in [0.1, 0.15) is 11.3 Å². The summed E-state index contributed by atoms with van der Waals surface area (Å²) < 4.78 is 0. The van der Waals surface area contributed by atoms with Gasteiger partial charge < -0.3 is 15.3 Å². The second-order valence-electron chi connectivity index (χ2n) is 5.54. The van der Waals surface area contributed by atoms with Crippen LogP contribution in [0.3, 0.4) is 0 Å². The normalized spacial score (nSPS) is 22.0. The van der Waals surface area contributed by atoms with Gasteiger partial charge in [0.2, 0.25) is 0 Å². The fraction of sp³-hybridized carbons (Fsp3) is 0.500. The molecular weight excluding hydrogens is 274 g/mol. The van der Waals surface area contributed by atoms with Crippen molar-refractivity contribution >= 4 is 17.3 Å². The van der Waals surface area contributed by atoms with Crippen LogP contribution >= 0.6 is 0 Å². The minimum absolute atomic E-state index is 0.0459. The molecular formula is C14H19N3O4. The molecule has 0 aromatic heterocycles. The third-order valence-electron chi connectivity index (χ3n) is 3.68. The molecule has 114 valence electrons. The van der Waals surface area contributed by atoms with E-state index in [1.165, 1.54) is 11.0 Å². The van der Waals surface area contributed by atoms with E-state index in [2.05, 4.69) is 5.32 Å². The monoisotopic (exact) mass is 293 g/mol. The molecule has 1 aromatic carbocycles. The lowest BCUT2D eigenvalue weighted by Crippen LogP contribution is -2.48. The zero-order valence-corrected chi connectivity index (χ0v) is 12.1. The molecule has 1 aliphatic heterocycles. The summed E-state index contributed by atoms with van der Waals surface area (Å²) in [5.74, 6) is -0.418. The maximum atomic E-state index is 12.6. The number of piperidine rings is 1. The van der Waals surface area contributed by atoms with Crippen LogP contribution in [0.5, 0.6) is 0 Å². The second kappa shape index (κ2) is 5.69. The first-order valence-corrected chi connectivity index (χ1v) is 6.82. The number of benzene rings is 1. The Balaban J connectivity index is 2.37. The first kappa shape index (κ1) is 15.2. The number of aliphatic hydroxyl groups is 1. The van der Waals surface area contributed by atoms with Crippen molar-refractivity contribution in [1.29, 1.82) is 0 Å². The van der Waals surface area contributed by atoms with Crippen LogP contribution in [0.1, 0.15) is 30.1 Å². The summed E-state index contributed by atoms with van der Waals surface area (Å²) in [5, 5.41) is 24.1. The van der Waals surface area contributed by atoms with Gasteiger partial charge in [-0.1, -0.05) is 6.07 Å². The smallest absolute Gasteiger partial charge is 0.305 e.